The van der Waals surface area contributed by atoms with Gasteiger partial charge in [0, 0.05) is 11.6 Å². The summed E-state index contributed by atoms with van der Waals surface area (Å²) in [4.78, 5) is 12.8. The van der Waals surface area contributed by atoms with Crippen LogP contribution in [-0.4, -0.2) is 33.8 Å². The molecule has 1 aromatic heterocycles. The predicted molar refractivity (Wildman–Crippen MR) is 108 cm³/mol. The second-order valence-corrected chi connectivity index (χ2v) is 8.88. The Morgan fingerprint density at radius 3 is 2.82 bits per heavy atom. The quantitative estimate of drug-likeness (QED) is 0.756. The highest BCUT2D eigenvalue weighted by Crippen LogP contribution is 2.58. The number of hydrogen-bond acceptors (Lipinski definition) is 4. The van der Waals surface area contributed by atoms with Crippen LogP contribution in [0.1, 0.15) is 32.1 Å². The summed E-state index contributed by atoms with van der Waals surface area (Å²) in [5.41, 5.74) is 0.898. The van der Waals surface area contributed by atoms with Crippen LogP contribution < -0.4 is 10.1 Å². The lowest BCUT2D eigenvalue weighted by Crippen LogP contribution is -2.43. The van der Waals surface area contributed by atoms with Gasteiger partial charge in [0.2, 0.25) is 5.91 Å². The molecule has 5 atom stereocenters. The van der Waals surface area contributed by atoms with Gasteiger partial charge in [-0.15, -0.1) is 0 Å². The van der Waals surface area contributed by atoms with Crippen LogP contribution in [0.5, 0.6) is 5.75 Å². The average Bonchev–Trinajstić information content (AvgIpc) is 3.45. The van der Waals surface area contributed by atoms with Crippen LogP contribution >= 0.6 is 12.2 Å². The standard InChI is InChI=1S/C21H26N4O2S/c1-27-14-7-5-12(6-8-14)20-23-24-21(28)25(20)11-19(26)22-18-10-13-9-17(18)16-4-2-3-15(13)16/h5-8,13,15-18H,2-4,9-11H2,1H3,(H,22,26)(H,24,28)/t13-,15+,16+,17+,18-/m1/s1. The maximum absolute atomic E-state index is 12.8. The van der Waals surface area contributed by atoms with Crippen LogP contribution in [0.25, 0.3) is 11.4 Å². The minimum Gasteiger partial charge on any atom is -0.497 e. The Labute approximate surface area is 169 Å². The Balaban J connectivity index is 1.29. The SMILES string of the molecule is COc1ccc(-c2n[nH]c(=S)n2CC(=O)N[C@@H]2C[C@H]3C[C@H]2[C@H]2CCC[C@@H]32)cc1. The molecule has 3 fully saturated rings. The van der Waals surface area contributed by atoms with Crippen LogP contribution in [-0.2, 0) is 11.3 Å². The molecule has 148 valence electrons. The van der Waals surface area contributed by atoms with E-state index in [9.17, 15) is 4.79 Å². The molecule has 5 rings (SSSR count). The van der Waals surface area contributed by atoms with Gasteiger partial charge in [0.25, 0.3) is 0 Å². The summed E-state index contributed by atoms with van der Waals surface area (Å²) in [6.07, 6.45) is 6.59. The number of nitrogens with zero attached hydrogens (tertiary/aromatic N) is 2. The minimum absolute atomic E-state index is 0.0272. The van der Waals surface area contributed by atoms with E-state index in [0.717, 1.165) is 35.5 Å². The van der Waals surface area contributed by atoms with Gasteiger partial charge < -0.3 is 10.1 Å². The van der Waals surface area contributed by atoms with Crippen LogP contribution in [0.3, 0.4) is 0 Å². The third kappa shape index (κ3) is 2.96. The average molecular weight is 399 g/mol. The normalized spacial score (nSPS) is 30.4. The Hall–Kier alpha value is -2.15. The van der Waals surface area contributed by atoms with Crippen molar-refractivity contribution in [2.24, 2.45) is 23.7 Å². The number of carbonyl (C=O) groups excluding carboxylic acids is 1. The van der Waals surface area contributed by atoms with Gasteiger partial charge in [-0.05, 0) is 85.8 Å². The van der Waals surface area contributed by atoms with E-state index >= 15 is 0 Å². The zero-order valence-electron chi connectivity index (χ0n) is 16.1. The molecule has 0 radical (unpaired) electrons. The first-order valence-electron chi connectivity index (χ1n) is 10.2. The van der Waals surface area contributed by atoms with E-state index in [2.05, 4.69) is 15.5 Å². The van der Waals surface area contributed by atoms with Gasteiger partial charge in [-0.1, -0.05) is 6.42 Å². The van der Waals surface area contributed by atoms with Crippen LogP contribution in [0.4, 0.5) is 0 Å². The molecule has 0 saturated heterocycles. The van der Waals surface area contributed by atoms with E-state index in [-0.39, 0.29) is 12.5 Å². The lowest BCUT2D eigenvalue weighted by atomic mass is 9.79. The van der Waals surface area contributed by atoms with Crippen molar-refractivity contribution in [3.8, 4) is 17.1 Å². The maximum Gasteiger partial charge on any atom is 0.240 e. The molecule has 2 bridgehead atoms. The number of hydrogen-bond donors (Lipinski definition) is 2. The van der Waals surface area contributed by atoms with Crippen molar-refractivity contribution in [2.75, 3.05) is 7.11 Å². The second kappa shape index (κ2) is 7.03. The number of aromatic nitrogens is 3. The summed E-state index contributed by atoms with van der Waals surface area (Å²) >= 11 is 5.38. The zero-order valence-corrected chi connectivity index (χ0v) is 16.9. The van der Waals surface area contributed by atoms with Crippen LogP contribution in [0.2, 0.25) is 0 Å². The molecule has 0 spiro atoms. The number of amides is 1. The molecule has 1 amide bonds. The molecule has 2 aromatic rings. The molecule has 28 heavy (non-hydrogen) atoms. The number of H-pyrrole nitrogens is 1. The van der Waals surface area contributed by atoms with Gasteiger partial charge >= 0.3 is 0 Å². The number of methoxy groups -OCH3 is 1. The summed E-state index contributed by atoms with van der Waals surface area (Å²) in [6.45, 7) is 0.193. The summed E-state index contributed by atoms with van der Waals surface area (Å²) in [5.74, 6) is 4.76. The molecule has 0 unspecified atom stereocenters. The van der Waals surface area contributed by atoms with Crippen molar-refractivity contribution in [3.05, 3.63) is 29.0 Å². The van der Waals surface area contributed by atoms with Crippen molar-refractivity contribution in [2.45, 2.75) is 44.7 Å². The minimum atomic E-state index is 0.0272. The molecule has 7 heteroatoms. The van der Waals surface area contributed by atoms with Gasteiger partial charge in [-0.2, -0.15) is 5.10 Å². The maximum atomic E-state index is 12.8. The van der Waals surface area contributed by atoms with E-state index in [0.29, 0.717) is 22.6 Å². The number of ether oxygens (including phenoxy) is 1. The van der Waals surface area contributed by atoms with Crippen molar-refractivity contribution >= 4 is 18.1 Å². The van der Waals surface area contributed by atoms with E-state index in [1.54, 1.807) is 11.7 Å². The summed E-state index contributed by atoms with van der Waals surface area (Å²) in [6, 6.07) is 7.94. The van der Waals surface area contributed by atoms with Crippen molar-refractivity contribution in [1.82, 2.24) is 20.1 Å². The molecule has 1 aromatic carbocycles. The van der Waals surface area contributed by atoms with Gasteiger partial charge in [-0.25, -0.2) is 0 Å². The fraction of sp³-hybridized carbons (Fsp3) is 0.571. The van der Waals surface area contributed by atoms with E-state index < -0.39 is 0 Å². The molecule has 3 aliphatic rings. The van der Waals surface area contributed by atoms with Crippen LogP contribution in [0, 0.1) is 28.4 Å². The highest BCUT2D eigenvalue weighted by molar-refractivity contribution is 7.71. The Bertz CT molecular complexity index is 935. The van der Waals surface area contributed by atoms with Gasteiger partial charge in [-0.3, -0.25) is 14.5 Å². The lowest BCUT2D eigenvalue weighted by Gasteiger charge is -2.32. The predicted octanol–water partition coefficient (Wildman–Crippen LogP) is 3.56. The van der Waals surface area contributed by atoms with E-state index in [1.807, 2.05) is 24.3 Å². The summed E-state index contributed by atoms with van der Waals surface area (Å²) in [7, 11) is 1.64. The zero-order chi connectivity index (χ0) is 19.3. The second-order valence-electron chi connectivity index (χ2n) is 8.49. The van der Waals surface area contributed by atoms with Gasteiger partial charge in [0.05, 0.1) is 7.11 Å². The summed E-state index contributed by atoms with van der Waals surface area (Å²) < 4.78 is 7.45. The molecular weight excluding hydrogens is 372 g/mol. The summed E-state index contributed by atoms with van der Waals surface area (Å²) in [5, 5.41) is 10.5. The van der Waals surface area contributed by atoms with E-state index in [1.165, 1.54) is 25.7 Å². The number of carbonyl (C=O) groups is 1. The first kappa shape index (κ1) is 17.9. The van der Waals surface area contributed by atoms with E-state index in [4.69, 9.17) is 17.0 Å². The fourth-order valence-electron chi connectivity index (χ4n) is 6.05. The number of aromatic amines is 1. The molecule has 1 heterocycles. The Kier molecular flexibility index (Phi) is 4.50. The number of benzene rings is 1. The monoisotopic (exact) mass is 398 g/mol. The van der Waals surface area contributed by atoms with Crippen LogP contribution in [0.15, 0.2) is 24.3 Å². The number of fused-ring (bicyclic) bond motifs is 5. The molecule has 0 aliphatic heterocycles. The largest absolute Gasteiger partial charge is 0.497 e. The molecule has 6 nitrogen and oxygen atoms in total. The lowest BCUT2D eigenvalue weighted by molar-refractivity contribution is -0.122. The smallest absolute Gasteiger partial charge is 0.240 e. The Morgan fingerprint density at radius 1 is 1.25 bits per heavy atom. The van der Waals surface area contributed by atoms with Crippen molar-refractivity contribution < 1.29 is 9.53 Å². The Morgan fingerprint density at radius 2 is 2.04 bits per heavy atom. The first-order chi connectivity index (χ1) is 13.6. The highest BCUT2D eigenvalue weighted by Gasteiger charge is 2.53. The number of rotatable bonds is 5. The topological polar surface area (TPSA) is 71.9 Å². The fourth-order valence-corrected chi connectivity index (χ4v) is 6.25. The number of nitrogens with one attached hydrogen (secondary N) is 2. The molecule has 2 N–H and O–H groups in total. The first-order valence-corrected chi connectivity index (χ1v) is 10.6. The van der Waals surface area contributed by atoms with Crippen molar-refractivity contribution in [1.29, 1.82) is 0 Å². The third-order valence-corrected chi connectivity index (χ3v) is 7.49. The third-order valence-electron chi connectivity index (χ3n) is 7.18. The van der Waals surface area contributed by atoms with Gasteiger partial charge in [0.15, 0.2) is 10.6 Å². The molecule has 3 aliphatic carbocycles. The highest BCUT2D eigenvalue weighted by atomic mass is 32.1. The molecular formula is C21H26N4O2S. The molecule has 3 saturated carbocycles. The van der Waals surface area contributed by atoms with Gasteiger partial charge in [0.1, 0.15) is 12.3 Å². The van der Waals surface area contributed by atoms with Crippen molar-refractivity contribution in [3.63, 3.8) is 0 Å².